The number of aryl methyl sites for hydroxylation is 1. The van der Waals surface area contributed by atoms with Crippen molar-refractivity contribution in [3.63, 3.8) is 0 Å². The number of hydrogen-bond donors (Lipinski definition) is 1. The van der Waals surface area contributed by atoms with E-state index in [1.807, 2.05) is 68.4 Å². The molecule has 4 rings (SSSR count). The molecule has 188 valence electrons. The highest BCUT2D eigenvalue weighted by atomic mass is 16.5. The SMILES string of the molecule is C.COc1ccc(-c2cnoc2-c2cc(C)c(C)c(OC)c2)cc1CC(=O)C(N)Cc1ccccc1. The highest BCUT2D eigenvalue weighted by Crippen LogP contribution is 2.37. The maximum Gasteiger partial charge on any atom is 0.174 e. The van der Waals surface area contributed by atoms with E-state index in [0.29, 0.717) is 17.9 Å². The second kappa shape index (κ2) is 11.7. The molecule has 6 heteroatoms. The van der Waals surface area contributed by atoms with E-state index in [9.17, 15) is 4.79 Å². The molecule has 1 aromatic heterocycles. The first-order valence-electron chi connectivity index (χ1n) is 11.5. The molecule has 2 N–H and O–H groups in total. The van der Waals surface area contributed by atoms with Crippen LogP contribution in [0, 0.1) is 13.8 Å². The molecular formula is C30H34N2O4. The van der Waals surface area contributed by atoms with Gasteiger partial charge in [-0.3, -0.25) is 4.79 Å². The van der Waals surface area contributed by atoms with Gasteiger partial charge in [0.05, 0.1) is 26.5 Å². The van der Waals surface area contributed by atoms with Crippen LogP contribution in [0.15, 0.2) is 71.4 Å². The highest BCUT2D eigenvalue weighted by Gasteiger charge is 2.20. The monoisotopic (exact) mass is 486 g/mol. The van der Waals surface area contributed by atoms with Crippen molar-refractivity contribution >= 4 is 5.78 Å². The molecule has 36 heavy (non-hydrogen) atoms. The van der Waals surface area contributed by atoms with Crippen LogP contribution < -0.4 is 15.2 Å². The van der Waals surface area contributed by atoms with E-state index in [2.05, 4.69) is 11.2 Å². The number of nitrogens with zero attached hydrogens (tertiary/aromatic N) is 1. The largest absolute Gasteiger partial charge is 0.496 e. The lowest BCUT2D eigenvalue weighted by atomic mass is 9.94. The Morgan fingerprint density at radius 3 is 2.39 bits per heavy atom. The summed E-state index contributed by atoms with van der Waals surface area (Å²) in [5.74, 6) is 2.01. The lowest BCUT2D eigenvalue weighted by molar-refractivity contribution is -0.119. The fraction of sp³-hybridized carbons (Fsp3) is 0.267. The first-order chi connectivity index (χ1) is 16.9. The van der Waals surface area contributed by atoms with Crippen LogP contribution >= 0.6 is 0 Å². The second-order valence-electron chi connectivity index (χ2n) is 8.65. The molecule has 0 amide bonds. The van der Waals surface area contributed by atoms with Crippen molar-refractivity contribution in [3.05, 3.63) is 89.1 Å². The zero-order chi connectivity index (χ0) is 24.9. The standard InChI is InChI=1S/C29H30N2O4.CH4/c1-18-12-23(16-28(34-4)19(18)2)29-24(17-31-35-29)21-10-11-27(33-3)22(14-21)15-26(32)25(30)13-20-8-6-5-7-9-20;/h5-12,14,16-17,25H,13,15,30H2,1-4H3;1H4. The third-order valence-corrected chi connectivity index (χ3v) is 6.34. The van der Waals surface area contributed by atoms with Gasteiger partial charge in [0.15, 0.2) is 11.5 Å². The van der Waals surface area contributed by atoms with E-state index in [4.69, 9.17) is 19.7 Å². The van der Waals surface area contributed by atoms with Gasteiger partial charge in [-0.15, -0.1) is 0 Å². The third kappa shape index (κ3) is 5.66. The number of rotatable bonds is 9. The molecule has 0 saturated carbocycles. The molecule has 0 bridgehead atoms. The molecule has 4 aromatic rings. The molecule has 0 radical (unpaired) electrons. The van der Waals surface area contributed by atoms with Gasteiger partial charge >= 0.3 is 0 Å². The Hall–Kier alpha value is -3.90. The van der Waals surface area contributed by atoms with E-state index >= 15 is 0 Å². The molecule has 3 aromatic carbocycles. The smallest absolute Gasteiger partial charge is 0.174 e. The highest BCUT2D eigenvalue weighted by molar-refractivity contribution is 5.88. The first kappa shape index (κ1) is 26.7. The average Bonchev–Trinajstić information content (AvgIpc) is 3.36. The van der Waals surface area contributed by atoms with Crippen molar-refractivity contribution in [2.75, 3.05) is 14.2 Å². The van der Waals surface area contributed by atoms with Crippen molar-refractivity contribution in [2.24, 2.45) is 5.73 Å². The normalized spacial score (nSPS) is 11.5. The minimum atomic E-state index is -0.597. The topological polar surface area (TPSA) is 87.6 Å². The number of methoxy groups -OCH3 is 2. The van der Waals surface area contributed by atoms with Crippen LogP contribution in [-0.4, -0.2) is 31.2 Å². The number of carbonyl (C=O) groups excluding carboxylic acids is 1. The molecule has 1 atom stereocenters. The van der Waals surface area contributed by atoms with Gasteiger partial charge in [-0.05, 0) is 66.8 Å². The Morgan fingerprint density at radius 2 is 1.69 bits per heavy atom. The van der Waals surface area contributed by atoms with E-state index in [0.717, 1.165) is 44.7 Å². The number of nitrogens with two attached hydrogens (primary N) is 1. The summed E-state index contributed by atoms with van der Waals surface area (Å²) in [6, 6.07) is 18.9. The summed E-state index contributed by atoms with van der Waals surface area (Å²) in [7, 11) is 3.25. The minimum Gasteiger partial charge on any atom is -0.496 e. The molecule has 6 nitrogen and oxygen atoms in total. The number of ether oxygens (including phenoxy) is 2. The van der Waals surface area contributed by atoms with Gasteiger partial charge < -0.3 is 19.7 Å². The Morgan fingerprint density at radius 1 is 0.972 bits per heavy atom. The van der Waals surface area contributed by atoms with Crippen LogP contribution in [0.25, 0.3) is 22.5 Å². The third-order valence-electron chi connectivity index (χ3n) is 6.34. The summed E-state index contributed by atoms with van der Waals surface area (Å²) in [4.78, 5) is 13.0. The van der Waals surface area contributed by atoms with E-state index in [1.165, 1.54) is 0 Å². The lowest BCUT2D eigenvalue weighted by Crippen LogP contribution is -2.34. The zero-order valence-corrected chi connectivity index (χ0v) is 20.5. The van der Waals surface area contributed by atoms with Crippen molar-refractivity contribution in [1.82, 2.24) is 5.16 Å². The Kier molecular flexibility index (Phi) is 8.67. The van der Waals surface area contributed by atoms with E-state index in [-0.39, 0.29) is 19.6 Å². The molecule has 0 saturated heterocycles. The molecule has 0 aliphatic rings. The number of benzene rings is 3. The number of ketones is 1. The number of Topliss-reactive ketones (excluding diaryl/α,β-unsaturated/α-hetero) is 1. The quantitative estimate of drug-likeness (QED) is 0.314. The summed E-state index contributed by atoms with van der Waals surface area (Å²) in [5, 5.41) is 4.06. The molecular weight excluding hydrogens is 452 g/mol. The van der Waals surface area contributed by atoms with Crippen molar-refractivity contribution < 1.29 is 18.8 Å². The molecule has 0 spiro atoms. The van der Waals surface area contributed by atoms with Gasteiger partial charge in [0.2, 0.25) is 0 Å². The Balaban J connectivity index is 0.00000361. The maximum atomic E-state index is 13.0. The molecule has 0 fully saturated rings. The molecule has 1 unspecified atom stereocenters. The summed E-state index contributed by atoms with van der Waals surface area (Å²) in [5.41, 5.74) is 12.8. The predicted molar refractivity (Wildman–Crippen MR) is 144 cm³/mol. The average molecular weight is 487 g/mol. The van der Waals surface area contributed by atoms with Gasteiger partial charge in [-0.1, -0.05) is 49.0 Å². The van der Waals surface area contributed by atoms with Gasteiger partial charge in [-0.25, -0.2) is 0 Å². The van der Waals surface area contributed by atoms with E-state index in [1.54, 1.807) is 20.4 Å². The van der Waals surface area contributed by atoms with Crippen molar-refractivity contribution in [1.29, 1.82) is 0 Å². The van der Waals surface area contributed by atoms with Gasteiger partial charge in [-0.2, -0.15) is 0 Å². The van der Waals surface area contributed by atoms with Gasteiger partial charge in [0, 0.05) is 23.1 Å². The van der Waals surface area contributed by atoms with Crippen LogP contribution in [0.1, 0.15) is 29.7 Å². The predicted octanol–water partition coefficient (Wildman–Crippen LogP) is 5.96. The van der Waals surface area contributed by atoms with Crippen LogP contribution in [0.3, 0.4) is 0 Å². The van der Waals surface area contributed by atoms with E-state index < -0.39 is 6.04 Å². The molecule has 1 heterocycles. The second-order valence-corrected chi connectivity index (χ2v) is 8.65. The minimum absolute atomic E-state index is 0. The summed E-state index contributed by atoms with van der Waals surface area (Å²) < 4.78 is 16.7. The van der Waals surface area contributed by atoms with Crippen molar-refractivity contribution in [3.8, 4) is 33.9 Å². The van der Waals surface area contributed by atoms with Crippen LogP contribution in [0.4, 0.5) is 0 Å². The van der Waals surface area contributed by atoms with Gasteiger partial charge in [0.1, 0.15) is 11.5 Å². The summed E-state index contributed by atoms with van der Waals surface area (Å²) in [6.07, 6.45) is 2.35. The first-order valence-corrected chi connectivity index (χ1v) is 11.5. The number of hydrogen-bond acceptors (Lipinski definition) is 6. The fourth-order valence-electron chi connectivity index (χ4n) is 4.21. The molecule has 0 aliphatic carbocycles. The zero-order valence-electron chi connectivity index (χ0n) is 20.5. The maximum absolute atomic E-state index is 13.0. The summed E-state index contributed by atoms with van der Waals surface area (Å²) >= 11 is 0. The van der Waals surface area contributed by atoms with Gasteiger partial charge in [0.25, 0.3) is 0 Å². The number of carbonyl (C=O) groups is 1. The summed E-state index contributed by atoms with van der Waals surface area (Å²) in [6.45, 7) is 4.06. The van der Waals surface area contributed by atoms with Crippen LogP contribution in [0.2, 0.25) is 0 Å². The Labute approximate surface area is 213 Å². The lowest BCUT2D eigenvalue weighted by Gasteiger charge is -2.14. The van der Waals surface area contributed by atoms with Crippen LogP contribution in [-0.2, 0) is 17.6 Å². The van der Waals surface area contributed by atoms with Crippen molar-refractivity contribution in [2.45, 2.75) is 40.2 Å². The molecule has 0 aliphatic heterocycles. The fourth-order valence-corrected chi connectivity index (χ4v) is 4.21. The number of aromatic nitrogens is 1. The Bertz CT molecular complexity index is 1330. The van der Waals surface area contributed by atoms with Crippen LogP contribution in [0.5, 0.6) is 11.5 Å².